The van der Waals surface area contributed by atoms with Crippen molar-refractivity contribution in [1.29, 1.82) is 0 Å². The van der Waals surface area contributed by atoms with E-state index in [4.69, 9.17) is 23.2 Å². The molecule has 0 aromatic heterocycles. The summed E-state index contributed by atoms with van der Waals surface area (Å²) in [6.45, 7) is 0. The number of oxime groups is 1. The summed E-state index contributed by atoms with van der Waals surface area (Å²) < 4.78 is 0. The molecule has 136 valence electrons. The van der Waals surface area contributed by atoms with Gasteiger partial charge in [0.15, 0.2) is 0 Å². The van der Waals surface area contributed by atoms with Crippen LogP contribution in [0.3, 0.4) is 0 Å². The number of benzene rings is 3. The van der Waals surface area contributed by atoms with Crippen LogP contribution in [0.2, 0.25) is 5.02 Å². The number of nitrogens with one attached hydrogen (secondary N) is 1. The van der Waals surface area contributed by atoms with Gasteiger partial charge in [-0.2, -0.15) is 0 Å². The molecule has 0 aliphatic carbocycles. The molecule has 0 amide bonds. The van der Waals surface area contributed by atoms with Crippen LogP contribution in [0.1, 0.15) is 11.1 Å². The molecule has 0 bridgehead atoms. The van der Waals surface area contributed by atoms with E-state index in [1.165, 1.54) is 0 Å². The van der Waals surface area contributed by atoms with Crippen molar-refractivity contribution in [3.8, 4) is 0 Å². The minimum atomic E-state index is 0.188. The van der Waals surface area contributed by atoms with Crippen molar-refractivity contribution in [2.45, 2.75) is 0 Å². The zero-order chi connectivity index (χ0) is 19.1. The van der Waals surface area contributed by atoms with Crippen LogP contribution in [-0.2, 0) is 0 Å². The van der Waals surface area contributed by atoms with Crippen LogP contribution in [0, 0.1) is 0 Å². The van der Waals surface area contributed by atoms with E-state index in [9.17, 15) is 5.21 Å². The van der Waals surface area contributed by atoms with Gasteiger partial charge in [0, 0.05) is 21.8 Å². The summed E-state index contributed by atoms with van der Waals surface area (Å²) in [6, 6.07) is 24.2. The Morgan fingerprint density at radius 3 is 2.22 bits per heavy atom. The predicted molar refractivity (Wildman–Crippen MR) is 113 cm³/mol. The lowest BCUT2D eigenvalue weighted by molar-refractivity contribution is 0.319. The van der Waals surface area contributed by atoms with Crippen molar-refractivity contribution in [2.24, 2.45) is 10.1 Å². The minimum absolute atomic E-state index is 0.188. The number of anilines is 1. The number of halogens is 2. The number of aliphatic imine (C=N–C) groups is 1. The fourth-order valence-corrected chi connectivity index (χ4v) is 2.88. The molecule has 0 saturated carbocycles. The smallest absolute Gasteiger partial charge is 0.122 e. The van der Waals surface area contributed by atoms with Crippen LogP contribution < -0.4 is 5.32 Å². The largest absolute Gasteiger partial charge is 0.410 e. The number of nitrogens with zero attached hydrogens (tertiary/aromatic N) is 2. The molecule has 0 aliphatic heterocycles. The summed E-state index contributed by atoms with van der Waals surface area (Å²) in [7, 11) is 0. The Bertz CT molecular complexity index is 958. The molecule has 3 rings (SSSR count). The summed E-state index contributed by atoms with van der Waals surface area (Å²) in [4.78, 5) is 4.63. The number of hydrogen-bond donors (Lipinski definition) is 2. The molecular weight excluding hydrogens is 381 g/mol. The molecule has 0 radical (unpaired) electrons. The highest BCUT2D eigenvalue weighted by molar-refractivity contribution is 6.32. The van der Waals surface area contributed by atoms with Crippen LogP contribution >= 0.6 is 23.2 Å². The van der Waals surface area contributed by atoms with E-state index in [1.807, 2.05) is 60.7 Å². The van der Waals surface area contributed by atoms with Crippen LogP contribution in [0.15, 0.2) is 89.0 Å². The van der Waals surface area contributed by atoms with Crippen molar-refractivity contribution < 1.29 is 5.21 Å². The minimum Gasteiger partial charge on any atom is -0.410 e. The number of rotatable bonds is 5. The first kappa shape index (κ1) is 19.0. The molecule has 0 unspecified atom stereocenters. The number of amidine groups is 1. The molecule has 0 atom stereocenters. The summed E-state index contributed by atoms with van der Waals surface area (Å²) >= 11 is 12.3. The summed E-state index contributed by atoms with van der Waals surface area (Å²) in [6.07, 6.45) is 0. The van der Waals surface area contributed by atoms with Gasteiger partial charge in [0.25, 0.3) is 0 Å². The first-order chi connectivity index (χ1) is 13.2. The van der Waals surface area contributed by atoms with Crippen LogP contribution in [0.4, 0.5) is 11.4 Å². The second-order valence-corrected chi connectivity index (χ2v) is 6.36. The van der Waals surface area contributed by atoms with E-state index < -0.39 is 0 Å². The van der Waals surface area contributed by atoms with Gasteiger partial charge in [-0.15, -0.1) is 11.6 Å². The fourth-order valence-electron chi connectivity index (χ4n) is 2.58. The highest BCUT2D eigenvalue weighted by atomic mass is 35.5. The van der Waals surface area contributed by atoms with Gasteiger partial charge < -0.3 is 10.5 Å². The van der Waals surface area contributed by atoms with Crippen molar-refractivity contribution in [3.05, 3.63) is 95.0 Å². The first-order valence-corrected chi connectivity index (χ1v) is 9.15. The predicted octanol–water partition coefficient (Wildman–Crippen LogP) is 5.95. The maximum Gasteiger partial charge on any atom is 0.122 e. The molecule has 27 heavy (non-hydrogen) atoms. The van der Waals surface area contributed by atoms with E-state index in [0.29, 0.717) is 27.8 Å². The second kappa shape index (κ2) is 9.21. The third-order valence-corrected chi connectivity index (χ3v) is 4.29. The fraction of sp³-hybridized carbons (Fsp3) is 0.0476. The monoisotopic (exact) mass is 397 g/mol. The van der Waals surface area contributed by atoms with E-state index in [-0.39, 0.29) is 5.88 Å². The highest BCUT2D eigenvalue weighted by Crippen LogP contribution is 2.27. The van der Waals surface area contributed by atoms with Crippen molar-refractivity contribution in [1.82, 2.24) is 0 Å². The lowest BCUT2D eigenvalue weighted by Gasteiger charge is -2.12. The average molecular weight is 398 g/mol. The van der Waals surface area contributed by atoms with E-state index in [0.717, 1.165) is 11.3 Å². The van der Waals surface area contributed by atoms with Gasteiger partial charge in [-0.25, -0.2) is 4.99 Å². The van der Waals surface area contributed by atoms with Crippen LogP contribution in [0.5, 0.6) is 0 Å². The number of para-hydroxylation sites is 1. The highest BCUT2D eigenvalue weighted by Gasteiger charge is 2.14. The average Bonchev–Trinajstić information content (AvgIpc) is 2.71. The number of alkyl halides is 1. The quantitative estimate of drug-likeness (QED) is 0.184. The Morgan fingerprint density at radius 1 is 0.926 bits per heavy atom. The third kappa shape index (κ3) is 4.88. The Morgan fingerprint density at radius 2 is 1.59 bits per heavy atom. The molecule has 0 spiro atoms. The van der Waals surface area contributed by atoms with Gasteiger partial charge in [-0.1, -0.05) is 65.3 Å². The van der Waals surface area contributed by atoms with Crippen LogP contribution in [0.25, 0.3) is 0 Å². The topological polar surface area (TPSA) is 57.0 Å². The maximum absolute atomic E-state index is 9.63. The van der Waals surface area contributed by atoms with E-state index >= 15 is 0 Å². The molecule has 4 nitrogen and oxygen atoms in total. The zero-order valence-corrected chi connectivity index (χ0v) is 15.8. The Labute approximate surface area is 167 Å². The first-order valence-electron chi connectivity index (χ1n) is 8.24. The van der Waals surface area contributed by atoms with Crippen molar-refractivity contribution >= 4 is 46.1 Å². The normalized spacial score (nSPS) is 12.1. The van der Waals surface area contributed by atoms with Gasteiger partial charge in [0.1, 0.15) is 11.5 Å². The van der Waals surface area contributed by atoms with Gasteiger partial charge in [0.05, 0.1) is 11.6 Å². The third-order valence-electron chi connectivity index (χ3n) is 3.81. The summed E-state index contributed by atoms with van der Waals surface area (Å²) in [5, 5.41) is 16.8. The van der Waals surface area contributed by atoms with Gasteiger partial charge in [0.2, 0.25) is 0 Å². The molecule has 6 heteroatoms. The Hall–Kier alpha value is -2.82. The lowest BCUT2D eigenvalue weighted by atomic mass is 10.0. The van der Waals surface area contributed by atoms with Gasteiger partial charge in [-0.05, 0) is 30.3 Å². The maximum atomic E-state index is 9.63. The summed E-state index contributed by atoms with van der Waals surface area (Å²) in [5.41, 5.74) is 3.21. The molecule has 2 N–H and O–H groups in total. The standard InChI is InChI=1S/C21H17Cl2N3O/c22-14-20(24-17-9-5-2-6-10-17)25-19-12-11-16(23)13-18(19)21(26-27)15-7-3-1-4-8-15/h1-13,27H,14H2,(H,24,25)/b26-21+. The van der Waals surface area contributed by atoms with Crippen LogP contribution in [-0.4, -0.2) is 22.6 Å². The molecule has 0 heterocycles. The second-order valence-electron chi connectivity index (χ2n) is 5.66. The molecule has 3 aromatic carbocycles. The number of hydrogen-bond acceptors (Lipinski definition) is 3. The lowest BCUT2D eigenvalue weighted by Crippen LogP contribution is -2.14. The van der Waals surface area contributed by atoms with Gasteiger partial charge >= 0.3 is 0 Å². The van der Waals surface area contributed by atoms with Gasteiger partial charge in [-0.3, -0.25) is 0 Å². The molecular formula is C21H17Cl2N3O. The SMILES string of the molecule is O/N=C(\c1ccccc1)c1cc(Cl)ccc1N=C(CCl)Nc1ccccc1. The summed E-state index contributed by atoms with van der Waals surface area (Å²) in [5.74, 6) is 0.755. The molecule has 0 fully saturated rings. The molecule has 3 aromatic rings. The Balaban J connectivity index is 2.03. The zero-order valence-electron chi connectivity index (χ0n) is 14.3. The van der Waals surface area contributed by atoms with E-state index in [1.54, 1.807) is 18.2 Å². The van der Waals surface area contributed by atoms with E-state index in [2.05, 4.69) is 15.5 Å². The van der Waals surface area contributed by atoms with Crippen molar-refractivity contribution in [3.63, 3.8) is 0 Å². The molecule has 0 saturated heterocycles. The Kier molecular flexibility index (Phi) is 6.47. The van der Waals surface area contributed by atoms with Crippen molar-refractivity contribution in [2.75, 3.05) is 11.2 Å². The molecule has 0 aliphatic rings.